The molecule has 34 heavy (non-hydrogen) atoms. The lowest BCUT2D eigenvalue weighted by Crippen LogP contribution is -2.53. The minimum absolute atomic E-state index is 0.0146. The summed E-state index contributed by atoms with van der Waals surface area (Å²) in [4.78, 5) is 34.4. The lowest BCUT2D eigenvalue weighted by Gasteiger charge is -2.35. The molecule has 3 aliphatic heterocycles. The van der Waals surface area contributed by atoms with Gasteiger partial charge in [0.15, 0.2) is 0 Å². The summed E-state index contributed by atoms with van der Waals surface area (Å²) in [6.45, 7) is 6.60. The maximum atomic E-state index is 13.7. The number of likely N-dealkylation sites (tertiary alicyclic amines) is 1. The number of hydrogen-bond acceptors (Lipinski definition) is 6. The number of rotatable bonds is 7. The predicted octanol–water partition coefficient (Wildman–Crippen LogP) is 2.82. The van der Waals surface area contributed by atoms with Crippen LogP contribution in [0.1, 0.15) is 61.0 Å². The van der Waals surface area contributed by atoms with Crippen molar-refractivity contribution in [2.45, 2.75) is 69.6 Å². The van der Waals surface area contributed by atoms with Crippen LogP contribution in [0.2, 0.25) is 0 Å². The minimum Gasteiger partial charge on any atom is -0.377 e. The number of thiophene rings is 1. The van der Waals surface area contributed by atoms with Crippen molar-refractivity contribution >= 4 is 23.2 Å². The molecule has 188 valence electrons. The zero-order chi connectivity index (χ0) is 23.3. The third-order valence-electron chi connectivity index (χ3n) is 8.18. The fourth-order valence-corrected chi connectivity index (χ4v) is 6.98. The molecule has 2 amide bonds. The first-order valence-electron chi connectivity index (χ1n) is 13.4. The summed E-state index contributed by atoms with van der Waals surface area (Å²) in [5.74, 6) is 0.865. The molecule has 1 N–H and O–H groups in total. The van der Waals surface area contributed by atoms with Gasteiger partial charge in [0.05, 0.1) is 11.0 Å². The molecule has 0 aromatic carbocycles. The van der Waals surface area contributed by atoms with Crippen molar-refractivity contribution in [1.82, 2.24) is 20.0 Å². The second-order valence-corrected chi connectivity index (χ2v) is 11.5. The van der Waals surface area contributed by atoms with Gasteiger partial charge in [-0.25, -0.2) is 0 Å². The van der Waals surface area contributed by atoms with Gasteiger partial charge in [0.1, 0.15) is 6.04 Å². The van der Waals surface area contributed by atoms with Crippen molar-refractivity contribution in [3.8, 4) is 0 Å². The van der Waals surface area contributed by atoms with Gasteiger partial charge in [-0.1, -0.05) is 25.3 Å². The van der Waals surface area contributed by atoms with Gasteiger partial charge in [0.2, 0.25) is 5.91 Å². The lowest BCUT2D eigenvalue weighted by molar-refractivity contribution is -0.135. The molecule has 3 saturated heterocycles. The number of nitrogens with one attached hydrogen (secondary N) is 1. The first-order valence-corrected chi connectivity index (χ1v) is 14.3. The van der Waals surface area contributed by atoms with Gasteiger partial charge in [0, 0.05) is 58.5 Å². The van der Waals surface area contributed by atoms with Gasteiger partial charge in [-0.05, 0) is 49.5 Å². The van der Waals surface area contributed by atoms with Crippen molar-refractivity contribution in [3.63, 3.8) is 0 Å². The highest BCUT2D eigenvalue weighted by atomic mass is 32.1. The highest BCUT2D eigenvalue weighted by Gasteiger charge is 2.44. The van der Waals surface area contributed by atoms with Gasteiger partial charge in [-0.2, -0.15) is 0 Å². The Balaban J connectivity index is 1.35. The monoisotopic (exact) mass is 488 g/mol. The molecule has 1 aromatic rings. The Bertz CT molecular complexity index is 801. The van der Waals surface area contributed by atoms with Crippen molar-refractivity contribution < 1.29 is 14.3 Å². The number of ether oxygens (including phenoxy) is 1. The van der Waals surface area contributed by atoms with E-state index in [-0.39, 0.29) is 30.0 Å². The summed E-state index contributed by atoms with van der Waals surface area (Å²) >= 11 is 1.47. The zero-order valence-corrected chi connectivity index (χ0v) is 21.1. The number of hydrogen-bond donors (Lipinski definition) is 1. The van der Waals surface area contributed by atoms with Gasteiger partial charge < -0.3 is 19.9 Å². The SMILES string of the molecule is O=C(C1CC(N(CC2CCCCC2)CC2CCCO2)CN1C(=O)c1cccs1)N1CCNCC1. The van der Waals surface area contributed by atoms with E-state index in [1.54, 1.807) is 0 Å². The number of piperazine rings is 1. The average Bonchev–Trinajstić information content (AvgIpc) is 3.66. The van der Waals surface area contributed by atoms with E-state index in [4.69, 9.17) is 4.74 Å². The van der Waals surface area contributed by atoms with Crippen LogP contribution in [0.15, 0.2) is 17.5 Å². The van der Waals surface area contributed by atoms with Crippen molar-refractivity contribution in [2.24, 2.45) is 5.92 Å². The van der Waals surface area contributed by atoms with E-state index in [2.05, 4.69) is 10.2 Å². The molecule has 4 aliphatic rings. The second kappa shape index (κ2) is 11.5. The van der Waals surface area contributed by atoms with E-state index in [1.807, 2.05) is 27.3 Å². The summed E-state index contributed by atoms with van der Waals surface area (Å²) in [6.07, 6.45) is 9.90. The first-order chi connectivity index (χ1) is 16.7. The van der Waals surface area contributed by atoms with Crippen LogP contribution in [0.3, 0.4) is 0 Å². The average molecular weight is 489 g/mol. The number of carbonyl (C=O) groups is 2. The highest BCUT2D eigenvalue weighted by Crippen LogP contribution is 2.31. The van der Waals surface area contributed by atoms with Gasteiger partial charge in [-0.15, -0.1) is 11.3 Å². The molecule has 0 spiro atoms. The Labute approximate surface area is 207 Å². The molecule has 7 nitrogen and oxygen atoms in total. The highest BCUT2D eigenvalue weighted by molar-refractivity contribution is 7.12. The molecule has 0 bridgehead atoms. The van der Waals surface area contributed by atoms with E-state index < -0.39 is 0 Å². The molecule has 1 saturated carbocycles. The number of amides is 2. The quantitative estimate of drug-likeness (QED) is 0.640. The minimum atomic E-state index is -0.365. The van der Waals surface area contributed by atoms with Crippen LogP contribution < -0.4 is 5.32 Å². The molecule has 8 heteroatoms. The summed E-state index contributed by atoms with van der Waals surface area (Å²) in [6, 6.07) is 3.66. The Hall–Kier alpha value is -1.48. The van der Waals surface area contributed by atoms with Crippen LogP contribution >= 0.6 is 11.3 Å². The van der Waals surface area contributed by atoms with E-state index in [9.17, 15) is 9.59 Å². The Kier molecular flexibility index (Phi) is 8.20. The van der Waals surface area contributed by atoms with E-state index in [1.165, 1.54) is 43.4 Å². The van der Waals surface area contributed by atoms with Gasteiger partial charge in [-0.3, -0.25) is 14.5 Å². The van der Waals surface area contributed by atoms with E-state index in [0.29, 0.717) is 6.54 Å². The second-order valence-electron chi connectivity index (χ2n) is 10.5. The largest absolute Gasteiger partial charge is 0.377 e. The van der Waals surface area contributed by atoms with E-state index >= 15 is 0 Å². The Morgan fingerprint density at radius 2 is 1.91 bits per heavy atom. The standard InChI is InChI=1S/C26H40N4O3S/c31-25(28-12-10-27-11-13-28)23-16-21(18-30(23)26(32)24-9-5-15-34-24)29(19-22-8-4-14-33-22)17-20-6-2-1-3-7-20/h5,9,15,20-23,27H,1-4,6-8,10-14,16-19H2. The van der Waals surface area contributed by atoms with Crippen LogP contribution in [0.25, 0.3) is 0 Å². The van der Waals surface area contributed by atoms with Gasteiger partial charge in [0.25, 0.3) is 5.91 Å². The maximum Gasteiger partial charge on any atom is 0.264 e. The lowest BCUT2D eigenvalue weighted by atomic mass is 9.88. The molecule has 1 aromatic heterocycles. The summed E-state index contributed by atoms with van der Waals surface area (Å²) in [5, 5.41) is 5.28. The molecular formula is C26H40N4O3S. The summed E-state index contributed by atoms with van der Waals surface area (Å²) in [7, 11) is 0. The Morgan fingerprint density at radius 1 is 1.09 bits per heavy atom. The first kappa shape index (κ1) is 24.2. The van der Waals surface area contributed by atoms with Crippen LogP contribution in [0.5, 0.6) is 0 Å². The smallest absolute Gasteiger partial charge is 0.264 e. The molecule has 4 fully saturated rings. The van der Waals surface area contributed by atoms with Crippen LogP contribution in [0, 0.1) is 5.92 Å². The summed E-state index contributed by atoms with van der Waals surface area (Å²) < 4.78 is 6.03. The molecule has 3 atom stereocenters. The third kappa shape index (κ3) is 5.66. The molecular weight excluding hydrogens is 448 g/mol. The van der Waals surface area contributed by atoms with Gasteiger partial charge >= 0.3 is 0 Å². The molecule has 5 rings (SSSR count). The zero-order valence-electron chi connectivity index (χ0n) is 20.3. The van der Waals surface area contributed by atoms with Crippen LogP contribution in [-0.4, -0.2) is 97.1 Å². The fourth-order valence-electron chi connectivity index (χ4n) is 6.30. The van der Waals surface area contributed by atoms with Crippen LogP contribution in [-0.2, 0) is 9.53 Å². The molecule has 4 heterocycles. The summed E-state index contributed by atoms with van der Waals surface area (Å²) in [5.41, 5.74) is 0. The molecule has 1 aliphatic carbocycles. The maximum absolute atomic E-state index is 13.7. The van der Waals surface area contributed by atoms with E-state index in [0.717, 1.165) is 75.9 Å². The predicted molar refractivity (Wildman–Crippen MR) is 134 cm³/mol. The topological polar surface area (TPSA) is 65.1 Å². The molecule has 0 radical (unpaired) electrons. The molecule has 3 unspecified atom stereocenters. The van der Waals surface area contributed by atoms with Crippen molar-refractivity contribution in [1.29, 1.82) is 0 Å². The number of nitrogens with zero attached hydrogens (tertiary/aromatic N) is 3. The normalized spacial score (nSPS) is 28.7. The fraction of sp³-hybridized carbons (Fsp3) is 0.769. The number of carbonyl (C=O) groups excluding carboxylic acids is 2. The van der Waals surface area contributed by atoms with Crippen molar-refractivity contribution in [3.05, 3.63) is 22.4 Å². The third-order valence-corrected chi connectivity index (χ3v) is 9.04. The van der Waals surface area contributed by atoms with Crippen LogP contribution in [0.4, 0.5) is 0 Å². The van der Waals surface area contributed by atoms with Crippen molar-refractivity contribution in [2.75, 3.05) is 52.4 Å². The Morgan fingerprint density at radius 3 is 2.62 bits per heavy atom.